The largest absolute Gasteiger partial charge is 0.457 e. The molecule has 2 aliphatic heterocycles. The predicted molar refractivity (Wildman–Crippen MR) is 141 cm³/mol. The zero-order valence-corrected chi connectivity index (χ0v) is 20.8. The minimum absolute atomic E-state index is 0.208. The van der Waals surface area contributed by atoms with E-state index < -0.39 is 0 Å². The van der Waals surface area contributed by atoms with Crippen LogP contribution in [0.5, 0.6) is 34.5 Å². The molecular weight excluding hydrogens is 480 g/mol. The Morgan fingerprint density at radius 3 is 1.45 bits per heavy atom. The summed E-state index contributed by atoms with van der Waals surface area (Å²) in [5.41, 5.74) is 3.83. The summed E-state index contributed by atoms with van der Waals surface area (Å²) in [6.45, 7) is 0. The molecule has 0 radical (unpaired) electrons. The first kappa shape index (κ1) is 23.8. The van der Waals surface area contributed by atoms with Gasteiger partial charge in [0.15, 0.2) is 0 Å². The lowest BCUT2D eigenvalue weighted by molar-refractivity contribution is -0.136. The second kappa shape index (κ2) is 10.4. The Labute approximate surface area is 220 Å². The van der Waals surface area contributed by atoms with Gasteiger partial charge in [-0.1, -0.05) is 48.5 Å². The fourth-order valence-electron chi connectivity index (χ4n) is 4.82. The Balaban J connectivity index is 0.996. The number of hydrogen-bond acceptors (Lipinski definition) is 6. The Morgan fingerprint density at radius 2 is 0.974 bits per heavy atom. The van der Waals surface area contributed by atoms with E-state index in [0.29, 0.717) is 48.7 Å². The van der Waals surface area contributed by atoms with E-state index in [1.54, 1.807) is 12.1 Å². The number of rotatable bonds is 7. The molecule has 190 valence electrons. The summed E-state index contributed by atoms with van der Waals surface area (Å²) in [6, 6.07) is 26.6. The lowest BCUT2D eigenvalue weighted by atomic mass is 9.99. The third-order valence-corrected chi connectivity index (χ3v) is 6.76. The van der Waals surface area contributed by atoms with Crippen molar-refractivity contribution in [2.24, 2.45) is 0 Å². The molecule has 6 nitrogen and oxygen atoms in total. The Kier molecular flexibility index (Phi) is 6.53. The third-order valence-electron chi connectivity index (χ3n) is 6.76. The fraction of sp³-hybridized carbons (Fsp3) is 0.188. The van der Waals surface area contributed by atoms with Crippen molar-refractivity contribution in [3.05, 3.63) is 107 Å². The van der Waals surface area contributed by atoms with E-state index in [9.17, 15) is 9.59 Å². The van der Waals surface area contributed by atoms with Gasteiger partial charge in [0.25, 0.3) is 0 Å². The van der Waals surface area contributed by atoms with Crippen LogP contribution in [0, 0.1) is 0 Å². The SMILES string of the molecule is O=C(CCCCC(=O)Oc1cccc2c1Cc1ccccc1O2)Oc1cccc2c1Cc1ccccc1O2. The van der Waals surface area contributed by atoms with Crippen LogP contribution >= 0.6 is 0 Å². The minimum atomic E-state index is -0.335. The first-order valence-corrected chi connectivity index (χ1v) is 12.8. The average Bonchev–Trinajstić information content (AvgIpc) is 2.94. The average molecular weight is 507 g/mol. The van der Waals surface area contributed by atoms with Crippen LogP contribution in [0.1, 0.15) is 47.9 Å². The summed E-state index contributed by atoms with van der Waals surface area (Å²) in [5, 5.41) is 0. The number of hydrogen-bond donors (Lipinski definition) is 0. The summed E-state index contributed by atoms with van der Waals surface area (Å²) in [6.07, 6.45) is 2.73. The number of fused-ring (bicyclic) bond motifs is 4. The topological polar surface area (TPSA) is 71.1 Å². The smallest absolute Gasteiger partial charge is 0.311 e. The molecule has 0 saturated heterocycles. The molecule has 2 aliphatic rings. The normalized spacial score (nSPS) is 12.5. The Morgan fingerprint density at radius 1 is 0.553 bits per heavy atom. The Hall–Kier alpha value is -4.58. The maximum absolute atomic E-state index is 12.5. The van der Waals surface area contributed by atoms with Gasteiger partial charge in [0.1, 0.15) is 34.5 Å². The number of para-hydroxylation sites is 2. The quantitative estimate of drug-likeness (QED) is 0.130. The number of esters is 2. The molecule has 0 N–H and O–H groups in total. The lowest BCUT2D eigenvalue weighted by Gasteiger charge is -2.22. The number of carbonyl (C=O) groups excluding carboxylic acids is 2. The van der Waals surface area contributed by atoms with E-state index in [-0.39, 0.29) is 24.8 Å². The van der Waals surface area contributed by atoms with Crippen LogP contribution in [0.2, 0.25) is 0 Å². The molecule has 2 heterocycles. The summed E-state index contributed by atoms with van der Waals surface area (Å²) >= 11 is 0. The highest BCUT2D eigenvalue weighted by molar-refractivity contribution is 5.75. The molecule has 4 aromatic carbocycles. The highest BCUT2D eigenvalue weighted by Crippen LogP contribution is 2.42. The summed E-state index contributed by atoms with van der Waals surface area (Å²) in [7, 11) is 0. The summed E-state index contributed by atoms with van der Waals surface area (Å²) in [5.74, 6) is 3.41. The van der Waals surface area contributed by atoms with Crippen molar-refractivity contribution in [2.75, 3.05) is 0 Å². The molecule has 0 saturated carbocycles. The zero-order chi connectivity index (χ0) is 25.9. The van der Waals surface area contributed by atoms with Crippen molar-refractivity contribution in [1.29, 1.82) is 0 Å². The first-order valence-electron chi connectivity index (χ1n) is 12.8. The monoisotopic (exact) mass is 506 g/mol. The van der Waals surface area contributed by atoms with E-state index in [1.807, 2.05) is 72.8 Å². The standard InChI is InChI=1S/C32H26O6/c33-31(37-29-15-7-13-27-23(29)19-21-9-1-3-11-25(21)35-27)17-5-6-18-32(34)38-30-16-8-14-28-24(30)20-22-10-2-4-12-26(22)36-28/h1-4,7-16H,5-6,17-20H2. The molecule has 4 aromatic rings. The highest BCUT2D eigenvalue weighted by atomic mass is 16.5. The maximum Gasteiger partial charge on any atom is 0.311 e. The maximum atomic E-state index is 12.5. The molecule has 0 aliphatic carbocycles. The van der Waals surface area contributed by atoms with Crippen LogP contribution in [0.3, 0.4) is 0 Å². The molecule has 0 fully saturated rings. The van der Waals surface area contributed by atoms with Crippen molar-refractivity contribution in [2.45, 2.75) is 38.5 Å². The van der Waals surface area contributed by atoms with Gasteiger partial charge in [-0.2, -0.15) is 0 Å². The molecule has 0 atom stereocenters. The van der Waals surface area contributed by atoms with Crippen molar-refractivity contribution in [3.8, 4) is 34.5 Å². The van der Waals surface area contributed by atoms with E-state index in [2.05, 4.69) is 0 Å². The second-order valence-corrected chi connectivity index (χ2v) is 9.39. The van der Waals surface area contributed by atoms with Crippen LogP contribution in [0.4, 0.5) is 0 Å². The van der Waals surface area contributed by atoms with Gasteiger partial charge in [-0.25, -0.2) is 0 Å². The van der Waals surface area contributed by atoms with Crippen LogP contribution in [0.25, 0.3) is 0 Å². The highest BCUT2D eigenvalue weighted by Gasteiger charge is 2.23. The molecule has 38 heavy (non-hydrogen) atoms. The van der Waals surface area contributed by atoms with Crippen molar-refractivity contribution >= 4 is 11.9 Å². The Bertz CT molecular complexity index is 1410. The first-order chi connectivity index (χ1) is 18.6. The van der Waals surface area contributed by atoms with Gasteiger partial charge < -0.3 is 18.9 Å². The molecule has 0 amide bonds. The van der Waals surface area contributed by atoms with Crippen molar-refractivity contribution in [3.63, 3.8) is 0 Å². The van der Waals surface area contributed by atoms with Crippen LogP contribution < -0.4 is 18.9 Å². The molecule has 0 bridgehead atoms. The zero-order valence-electron chi connectivity index (χ0n) is 20.8. The molecular formula is C32H26O6. The van der Waals surface area contributed by atoms with E-state index >= 15 is 0 Å². The molecule has 6 rings (SSSR count). The summed E-state index contributed by atoms with van der Waals surface area (Å²) < 4.78 is 23.3. The van der Waals surface area contributed by atoms with E-state index in [1.165, 1.54) is 0 Å². The fourth-order valence-corrected chi connectivity index (χ4v) is 4.82. The van der Waals surface area contributed by atoms with Crippen molar-refractivity contribution in [1.82, 2.24) is 0 Å². The van der Waals surface area contributed by atoms with Gasteiger partial charge in [-0.3, -0.25) is 9.59 Å². The van der Waals surface area contributed by atoms with Gasteiger partial charge in [0.2, 0.25) is 0 Å². The third kappa shape index (κ3) is 4.98. The number of benzene rings is 4. The summed E-state index contributed by atoms with van der Waals surface area (Å²) in [4.78, 5) is 25.1. The predicted octanol–water partition coefficient (Wildman–Crippen LogP) is 7.15. The number of ether oxygens (including phenoxy) is 4. The molecule has 0 unspecified atom stereocenters. The van der Waals surface area contributed by atoms with Gasteiger partial charge in [0.05, 0.1) is 0 Å². The van der Waals surface area contributed by atoms with Crippen LogP contribution in [-0.2, 0) is 22.4 Å². The molecule has 0 aromatic heterocycles. The van der Waals surface area contributed by atoms with Crippen LogP contribution in [-0.4, -0.2) is 11.9 Å². The van der Waals surface area contributed by atoms with Gasteiger partial charge >= 0.3 is 11.9 Å². The van der Waals surface area contributed by atoms with Crippen LogP contribution in [0.15, 0.2) is 84.9 Å². The van der Waals surface area contributed by atoms with Gasteiger partial charge in [-0.15, -0.1) is 0 Å². The van der Waals surface area contributed by atoms with Gasteiger partial charge in [-0.05, 0) is 60.4 Å². The van der Waals surface area contributed by atoms with Gasteiger partial charge in [0, 0.05) is 36.8 Å². The number of carbonyl (C=O) groups is 2. The van der Waals surface area contributed by atoms with Crippen molar-refractivity contribution < 1.29 is 28.5 Å². The van der Waals surface area contributed by atoms with E-state index in [0.717, 1.165) is 33.8 Å². The molecule has 6 heteroatoms. The second-order valence-electron chi connectivity index (χ2n) is 9.39. The van der Waals surface area contributed by atoms with E-state index in [4.69, 9.17) is 18.9 Å². The lowest BCUT2D eigenvalue weighted by Crippen LogP contribution is -2.13. The molecule has 0 spiro atoms. The minimum Gasteiger partial charge on any atom is -0.457 e. The number of unbranched alkanes of at least 4 members (excludes halogenated alkanes) is 1.